The molecule has 0 N–H and O–H groups in total. The van der Waals surface area contributed by atoms with Gasteiger partial charge in [0.1, 0.15) is 5.76 Å². The molecular weight excluding hydrogens is 308 g/mol. The van der Waals surface area contributed by atoms with Gasteiger partial charge in [0, 0.05) is 30.7 Å². The van der Waals surface area contributed by atoms with Gasteiger partial charge in [0.15, 0.2) is 0 Å². The van der Waals surface area contributed by atoms with E-state index in [2.05, 4.69) is 15.1 Å². The van der Waals surface area contributed by atoms with Crippen molar-refractivity contribution in [2.45, 2.75) is 39.2 Å². The standard InChI is InChI=1S/C17H22N4O3/c1-12-16(13(2)24-20-12)9-17(22)21-7-8-23-11-15(21)4-3-14-10-18-5-6-19-14/h5-6,10,15H,3-4,7-9,11H2,1-2H3. The highest BCUT2D eigenvalue weighted by Gasteiger charge is 2.28. The number of hydrogen-bond donors (Lipinski definition) is 0. The molecule has 1 atom stereocenters. The second kappa shape index (κ2) is 7.53. The van der Waals surface area contributed by atoms with Gasteiger partial charge >= 0.3 is 0 Å². The first-order valence-corrected chi connectivity index (χ1v) is 8.19. The molecule has 2 aromatic rings. The van der Waals surface area contributed by atoms with Crippen LogP contribution in [0.1, 0.15) is 29.1 Å². The first-order valence-electron chi connectivity index (χ1n) is 8.19. The van der Waals surface area contributed by atoms with Crippen molar-refractivity contribution >= 4 is 5.91 Å². The molecule has 0 aromatic carbocycles. The molecule has 1 aliphatic heterocycles. The predicted octanol–water partition coefficient (Wildman–Crippen LogP) is 1.48. The third-order valence-electron chi connectivity index (χ3n) is 4.41. The zero-order valence-electron chi connectivity index (χ0n) is 14.1. The highest BCUT2D eigenvalue weighted by molar-refractivity contribution is 5.79. The average Bonchev–Trinajstić information content (AvgIpc) is 2.93. The van der Waals surface area contributed by atoms with Crippen molar-refractivity contribution in [1.82, 2.24) is 20.0 Å². The minimum absolute atomic E-state index is 0.0636. The Morgan fingerprint density at radius 1 is 1.38 bits per heavy atom. The van der Waals surface area contributed by atoms with Crippen molar-refractivity contribution < 1.29 is 14.1 Å². The van der Waals surface area contributed by atoms with Crippen molar-refractivity contribution in [1.29, 1.82) is 0 Å². The van der Waals surface area contributed by atoms with E-state index in [4.69, 9.17) is 9.26 Å². The van der Waals surface area contributed by atoms with Crippen molar-refractivity contribution in [2.75, 3.05) is 19.8 Å². The molecule has 0 radical (unpaired) electrons. The number of amides is 1. The lowest BCUT2D eigenvalue weighted by Crippen LogP contribution is -2.49. The average molecular weight is 330 g/mol. The molecule has 0 saturated carbocycles. The molecule has 1 amide bonds. The number of carbonyl (C=O) groups is 1. The Balaban J connectivity index is 1.64. The summed E-state index contributed by atoms with van der Waals surface area (Å²) < 4.78 is 10.7. The highest BCUT2D eigenvalue weighted by Crippen LogP contribution is 2.18. The normalized spacial score (nSPS) is 17.9. The van der Waals surface area contributed by atoms with Gasteiger partial charge in [0.05, 0.1) is 37.1 Å². The molecule has 1 unspecified atom stereocenters. The van der Waals surface area contributed by atoms with E-state index in [-0.39, 0.29) is 11.9 Å². The Hall–Kier alpha value is -2.28. The second-order valence-corrected chi connectivity index (χ2v) is 6.03. The smallest absolute Gasteiger partial charge is 0.227 e. The molecule has 0 aliphatic carbocycles. The zero-order valence-corrected chi connectivity index (χ0v) is 14.1. The van der Waals surface area contributed by atoms with Crippen molar-refractivity contribution in [3.8, 4) is 0 Å². The van der Waals surface area contributed by atoms with E-state index in [0.717, 1.165) is 29.8 Å². The van der Waals surface area contributed by atoms with Crippen molar-refractivity contribution in [3.63, 3.8) is 0 Å². The third-order valence-corrected chi connectivity index (χ3v) is 4.41. The molecule has 1 saturated heterocycles. The fourth-order valence-corrected chi connectivity index (χ4v) is 3.00. The van der Waals surface area contributed by atoms with Gasteiger partial charge in [-0.1, -0.05) is 5.16 Å². The van der Waals surface area contributed by atoms with Gasteiger partial charge in [0.25, 0.3) is 0 Å². The summed E-state index contributed by atoms with van der Waals surface area (Å²) in [6.45, 7) is 5.47. The SMILES string of the molecule is Cc1noc(C)c1CC(=O)N1CCOCC1CCc1cnccn1. The number of aryl methyl sites for hydroxylation is 3. The Morgan fingerprint density at radius 2 is 2.25 bits per heavy atom. The Kier molecular flexibility index (Phi) is 5.20. The summed E-state index contributed by atoms with van der Waals surface area (Å²) in [5, 5.41) is 3.92. The number of morpholine rings is 1. The second-order valence-electron chi connectivity index (χ2n) is 6.03. The monoisotopic (exact) mass is 330 g/mol. The first-order chi connectivity index (χ1) is 11.6. The van der Waals surface area contributed by atoms with E-state index in [1.165, 1.54) is 0 Å². The van der Waals surface area contributed by atoms with Crippen LogP contribution in [0.3, 0.4) is 0 Å². The minimum Gasteiger partial charge on any atom is -0.377 e. The molecule has 0 bridgehead atoms. The molecule has 1 fully saturated rings. The van der Waals surface area contributed by atoms with Crippen LogP contribution in [0.2, 0.25) is 0 Å². The molecule has 7 heteroatoms. The number of aromatic nitrogens is 3. The summed E-state index contributed by atoms with van der Waals surface area (Å²) in [4.78, 5) is 23.1. The van der Waals surface area contributed by atoms with Gasteiger partial charge in [-0.25, -0.2) is 0 Å². The summed E-state index contributed by atoms with van der Waals surface area (Å²) in [6.07, 6.45) is 7.02. The molecule has 24 heavy (non-hydrogen) atoms. The largest absolute Gasteiger partial charge is 0.377 e. The van der Waals surface area contributed by atoms with E-state index in [1.54, 1.807) is 18.6 Å². The van der Waals surface area contributed by atoms with E-state index >= 15 is 0 Å². The third kappa shape index (κ3) is 3.79. The van der Waals surface area contributed by atoms with Gasteiger partial charge in [-0.05, 0) is 26.7 Å². The summed E-state index contributed by atoms with van der Waals surface area (Å²) in [6, 6.07) is 0.0636. The molecule has 1 aliphatic rings. The van der Waals surface area contributed by atoms with Crippen LogP contribution in [-0.2, 0) is 22.4 Å². The number of ether oxygens (including phenoxy) is 1. The van der Waals surface area contributed by atoms with Crippen LogP contribution in [0.5, 0.6) is 0 Å². The van der Waals surface area contributed by atoms with Crippen LogP contribution >= 0.6 is 0 Å². The van der Waals surface area contributed by atoms with Crippen LogP contribution < -0.4 is 0 Å². The van der Waals surface area contributed by atoms with E-state index in [0.29, 0.717) is 31.9 Å². The van der Waals surface area contributed by atoms with E-state index < -0.39 is 0 Å². The fraction of sp³-hybridized carbons (Fsp3) is 0.529. The van der Waals surface area contributed by atoms with Gasteiger partial charge < -0.3 is 14.2 Å². The van der Waals surface area contributed by atoms with Crippen LogP contribution in [-0.4, -0.2) is 51.7 Å². The Morgan fingerprint density at radius 3 is 2.96 bits per heavy atom. The predicted molar refractivity (Wildman–Crippen MR) is 86.4 cm³/mol. The lowest BCUT2D eigenvalue weighted by Gasteiger charge is -2.35. The van der Waals surface area contributed by atoms with Crippen LogP contribution in [0.25, 0.3) is 0 Å². The van der Waals surface area contributed by atoms with Gasteiger partial charge in [-0.2, -0.15) is 0 Å². The first kappa shape index (κ1) is 16.6. The minimum atomic E-state index is 0.0636. The molecule has 3 heterocycles. The van der Waals surface area contributed by atoms with Crippen LogP contribution in [0.15, 0.2) is 23.1 Å². The quantitative estimate of drug-likeness (QED) is 0.826. The number of carbonyl (C=O) groups excluding carboxylic acids is 1. The molecule has 3 rings (SSSR count). The zero-order chi connectivity index (χ0) is 16.9. The van der Waals surface area contributed by atoms with Gasteiger partial charge in [-0.15, -0.1) is 0 Å². The molecular formula is C17H22N4O3. The Labute approximate surface area is 141 Å². The molecule has 2 aromatic heterocycles. The van der Waals surface area contributed by atoms with Gasteiger partial charge in [0.2, 0.25) is 5.91 Å². The van der Waals surface area contributed by atoms with E-state index in [9.17, 15) is 4.79 Å². The maximum absolute atomic E-state index is 12.8. The maximum Gasteiger partial charge on any atom is 0.227 e. The van der Waals surface area contributed by atoms with E-state index in [1.807, 2.05) is 18.7 Å². The molecule has 7 nitrogen and oxygen atoms in total. The lowest BCUT2D eigenvalue weighted by molar-refractivity contribution is -0.139. The van der Waals surface area contributed by atoms with Crippen LogP contribution in [0.4, 0.5) is 0 Å². The molecule has 128 valence electrons. The Bertz CT molecular complexity index is 667. The fourth-order valence-electron chi connectivity index (χ4n) is 3.00. The number of hydrogen-bond acceptors (Lipinski definition) is 6. The topological polar surface area (TPSA) is 81.4 Å². The number of rotatable bonds is 5. The number of nitrogens with zero attached hydrogens (tertiary/aromatic N) is 4. The highest BCUT2D eigenvalue weighted by atomic mass is 16.5. The molecule has 0 spiro atoms. The maximum atomic E-state index is 12.8. The lowest BCUT2D eigenvalue weighted by atomic mass is 10.0. The summed E-state index contributed by atoms with van der Waals surface area (Å²) in [7, 11) is 0. The van der Waals surface area contributed by atoms with Crippen molar-refractivity contribution in [3.05, 3.63) is 41.3 Å². The summed E-state index contributed by atoms with van der Waals surface area (Å²) in [5.41, 5.74) is 2.60. The van der Waals surface area contributed by atoms with Crippen molar-refractivity contribution in [2.24, 2.45) is 0 Å². The van der Waals surface area contributed by atoms with Crippen LogP contribution in [0, 0.1) is 13.8 Å². The summed E-state index contributed by atoms with van der Waals surface area (Å²) >= 11 is 0. The summed E-state index contributed by atoms with van der Waals surface area (Å²) in [5.74, 6) is 0.807. The van der Waals surface area contributed by atoms with Gasteiger partial charge in [-0.3, -0.25) is 14.8 Å².